The van der Waals surface area contributed by atoms with Gasteiger partial charge in [0.15, 0.2) is 17.3 Å². The molecule has 3 aromatic rings. The number of carbonyl (C=O) groups excluding carboxylic acids is 1. The molecule has 0 bridgehead atoms. The van der Waals surface area contributed by atoms with E-state index in [-0.39, 0.29) is 5.91 Å². The molecule has 7 nitrogen and oxygen atoms in total. The van der Waals surface area contributed by atoms with Gasteiger partial charge >= 0.3 is 0 Å². The number of anilines is 1. The largest absolute Gasteiger partial charge is 0.493 e. The fourth-order valence-corrected chi connectivity index (χ4v) is 3.94. The second-order valence-corrected chi connectivity index (χ2v) is 7.71. The SMILES string of the molecule is COc1ccc(CCC(=O)Nc2n[nH]c3c2CCN(Cc2ccccc2)C3)cc1OC. The van der Waals surface area contributed by atoms with Gasteiger partial charge in [0, 0.05) is 31.6 Å². The molecule has 162 valence electrons. The number of methoxy groups -OCH3 is 2. The second kappa shape index (κ2) is 9.66. The van der Waals surface area contributed by atoms with Gasteiger partial charge in [0.2, 0.25) is 5.91 Å². The first-order valence-electron chi connectivity index (χ1n) is 10.5. The number of amides is 1. The molecule has 0 saturated heterocycles. The normalized spacial score (nSPS) is 13.5. The van der Waals surface area contributed by atoms with Gasteiger partial charge in [0.25, 0.3) is 0 Å². The minimum Gasteiger partial charge on any atom is -0.493 e. The van der Waals surface area contributed by atoms with Crippen LogP contribution in [0, 0.1) is 0 Å². The number of carbonyl (C=O) groups is 1. The lowest BCUT2D eigenvalue weighted by atomic mass is 10.1. The molecule has 0 fully saturated rings. The van der Waals surface area contributed by atoms with Gasteiger partial charge in [-0.3, -0.25) is 14.8 Å². The smallest absolute Gasteiger partial charge is 0.225 e. The number of H-pyrrole nitrogens is 1. The van der Waals surface area contributed by atoms with Crippen LogP contribution in [-0.4, -0.2) is 41.8 Å². The number of rotatable bonds is 8. The highest BCUT2D eigenvalue weighted by Crippen LogP contribution is 2.28. The molecule has 0 unspecified atom stereocenters. The van der Waals surface area contributed by atoms with Crippen LogP contribution in [0.25, 0.3) is 0 Å². The first-order valence-corrected chi connectivity index (χ1v) is 10.5. The van der Waals surface area contributed by atoms with Crippen molar-refractivity contribution in [2.45, 2.75) is 32.4 Å². The van der Waals surface area contributed by atoms with Gasteiger partial charge < -0.3 is 14.8 Å². The van der Waals surface area contributed by atoms with Crippen molar-refractivity contribution in [1.82, 2.24) is 15.1 Å². The first-order chi connectivity index (χ1) is 15.2. The maximum Gasteiger partial charge on any atom is 0.225 e. The van der Waals surface area contributed by atoms with E-state index in [0.717, 1.165) is 42.9 Å². The Bertz CT molecular complexity index is 1030. The van der Waals surface area contributed by atoms with Crippen molar-refractivity contribution in [1.29, 1.82) is 0 Å². The quantitative estimate of drug-likeness (QED) is 0.583. The summed E-state index contributed by atoms with van der Waals surface area (Å²) in [6, 6.07) is 16.2. The highest BCUT2D eigenvalue weighted by Gasteiger charge is 2.22. The third-order valence-corrected chi connectivity index (χ3v) is 5.61. The summed E-state index contributed by atoms with van der Waals surface area (Å²) in [6.45, 7) is 2.65. The van der Waals surface area contributed by atoms with E-state index in [4.69, 9.17) is 9.47 Å². The second-order valence-electron chi connectivity index (χ2n) is 7.71. The van der Waals surface area contributed by atoms with E-state index < -0.39 is 0 Å². The van der Waals surface area contributed by atoms with Crippen LogP contribution in [-0.2, 0) is 30.7 Å². The zero-order valence-corrected chi connectivity index (χ0v) is 18.0. The lowest BCUT2D eigenvalue weighted by Gasteiger charge is -2.26. The number of hydrogen-bond donors (Lipinski definition) is 2. The summed E-state index contributed by atoms with van der Waals surface area (Å²) in [6.07, 6.45) is 1.85. The number of fused-ring (bicyclic) bond motifs is 1. The predicted molar refractivity (Wildman–Crippen MR) is 119 cm³/mol. The molecule has 0 spiro atoms. The third kappa shape index (κ3) is 5.06. The molecule has 0 aliphatic carbocycles. The molecule has 1 amide bonds. The van der Waals surface area contributed by atoms with Crippen molar-refractivity contribution in [3.05, 3.63) is 70.9 Å². The van der Waals surface area contributed by atoms with Gasteiger partial charge in [-0.15, -0.1) is 0 Å². The molecule has 7 heteroatoms. The molecule has 4 rings (SSSR count). The Kier molecular flexibility index (Phi) is 6.52. The predicted octanol–water partition coefficient (Wildman–Crippen LogP) is 3.56. The van der Waals surface area contributed by atoms with Crippen molar-refractivity contribution in [2.75, 3.05) is 26.1 Å². The number of aromatic nitrogens is 2. The van der Waals surface area contributed by atoms with Crippen molar-refractivity contribution in [2.24, 2.45) is 0 Å². The van der Waals surface area contributed by atoms with E-state index in [1.54, 1.807) is 14.2 Å². The highest BCUT2D eigenvalue weighted by atomic mass is 16.5. The summed E-state index contributed by atoms with van der Waals surface area (Å²) in [7, 11) is 3.21. The Morgan fingerprint density at radius 1 is 1.10 bits per heavy atom. The summed E-state index contributed by atoms with van der Waals surface area (Å²) in [5, 5.41) is 10.5. The van der Waals surface area contributed by atoms with E-state index in [1.165, 1.54) is 5.56 Å². The topological polar surface area (TPSA) is 79.5 Å². The molecule has 0 saturated carbocycles. The van der Waals surface area contributed by atoms with Crippen LogP contribution in [0.2, 0.25) is 0 Å². The van der Waals surface area contributed by atoms with E-state index in [1.807, 2.05) is 24.3 Å². The number of ether oxygens (including phenoxy) is 2. The zero-order chi connectivity index (χ0) is 21.6. The Labute approximate surface area is 182 Å². The summed E-state index contributed by atoms with van der Waals surface area (Å²) in [5.74, 6) is 1.96. The third-order valence-electron chi connectivity index (χ3n) is 5.61. The Hall–Kier alpha value is -3.32. The number of aryl methyl sites for hydroxylation is 1. The molecular weight excluding hydrogens is 392 g/mol. The molecule has 2 N–H and O–H groups in total. The molecular formula is C24H28N4O3. The van der Waals surface area contributed by atoms with E-state index in [0.29, 0.717) is 30.2 Å². The summed E-state index contributed by atoms with van der Waals surface area (Å²) in [5.41, 5.74) is 4.52. The van der Waals surface area contributed by atoms with Crippen molar-refractivity contribution >= 4 is 11.7 Å². The van der Waals surface area contributed by atoms with Gasteiger partial charge in [-0.1, -0.05) is 36.4 Å². The van der Waals surface area contributed by atoms with Gasteiger partial charge in [0.1, 0.15) is 0 Å². The van der Waals surface area contributed by atoms with E-state index in [2.05, 4.69) is 44.7 Å². The van der Waals surface area contributed by atoms with Gasteiger partial charge in [-0.25, -0.2) is 0 Å². The molecule has 1 aliphatic rings. The molecule has 1 aromatic heterocycles. The Balaban J connectivity index is 1.32. The number of aromatic amines is 1. The van der Waals surface area contributed by atoms with Crippen LogP contribution in [0.3, 0.4) is 0 Å². The summed E-state index contributed by atoms with van der Waals surface area (Å²) in [4.78, 5) is 14.9. The van der Waals surface area contributed by atoms with Crippen molar-refractivity contribution < 1.29 is 14.3 Å². The number of nitrogens with one attached hydrogen (secondary N) is 2. The lowest BCUT2D eigenvalue weighted by Crippen LogP contribution is -2.30. The fraction of sp³-hybridized carbons (Fsp3) is 0.333. The maximum atomic E-state index is 12.5. The lowest BCUT2D eigenvalue weighted by molar-refractivity contribution is -0.116. The van der Waals surface area contributed by atoms with Gasteiger partial charge in [-0.2, -0.15) is 5.10 Å². The number of hydrogen-bond acceptors (Lipinski definition) is 5. The van der Waals surface area contributed by atoms with E-state index in [9.17, 15) is 4.79 Å². The molecule has 2 aromatic carbocycles. The maximum absolute atomic E-state index is 12.5. The van der Waals surface area contributed by atoms with Crippen LogP contribution in [0.5, 0.6) is 11.5 Å². The minimum atomic E-state index is -0.0456. The van der Waals surface area contributed by atoms with Gasteiger partial charge in [-0.05, 0) is 36.1 Å². The van der Waals surface area contributed by atoms with Crippen LogP contribution in [0.1, 0.15) is 28.8 Å². The zero-order valence-electron chi connectivity index (χ0n) is 18.0. The standard InChI is InChI=1S/C24H28N4O3/c1-30-21-10-8-17(14-22(21)31-2)9-11-23(29)25-24-19-12-13-28(16-20(19)26-27-24)15-18-6-4-3-5-7-18/h3-8,10,14H,9,11-13,15-16H2,1-2H3,(H2,25,26,27,29). The molecule has 2 heterocycles. The van der Waals surface area contributed by atoms with Crippen molar-refractivity contribution in [3.8, 4) is 11.5 Å². The van der Waals surface area contributed by atoms with Crippen LogP contribution in [0.15, 0.2) is 48.5 Å². The van der Waals surface area contributed by atoms with Crippen LogP contribution < -0.4 is 14.8 Å². The van der Waals surface area contributed by atoms with Crippen molar-refractivity contribution in [3.63, 3.8) is 0 Å². The first kappa shape index (κ1) is 20.9. The average Bonchev–Trinajstić information content (AvgIpc) is 3.20. The Morgan fingerprint density at radius 2 is 1.90 bits per heavy atom. The van der Waals surface area contributed by atoms with Crippen LogP contribution in [0.4, 0.5) is 5.82 Å². The molecule has 0 radical (unpaired) electrons. The molecule has 1 aliphatic heterocycles. The monoisotopic (exact) mass is 420 g/mol. The molecule has 31 heavy (non-hydrogen) atoms. The minimum absolute atomic E-state index is 0.0456. The number of benzene rings is 2. The summed E-state index contributed by atoms with van der Waals surface area (Å²) >= 11 is 0. The fourth-order valence-electron chi connectivity index (χ4n) is 3.94. The average molecular weight is 421 g/mol. The molecule has 0 atom stereocenters. The highest BCUT2D eigenvalue weighted by molar-refractivity contribution is 5.90. The summed E-state index contributed by atoms with van der Waals surface area (Å²) < 4.78 is 10.6. The number of nitrogens with zero attached hydrogens (tertiary/aromatic N) is 2. The Morgan fingerprint density at radius 3 is 2.68 bits per heavy atom. The van der Waals surface area contributed by atoms with Gasteiger partial charge in [0.05, 0.1) is 19.9 Å². The van der Waals surface area contributed by atoms with E-state index >= 15 is 0 Å². The van der Waals surface area contributed by atoms with Crippen LogP contribution >= 0.6 is 0 Å².